The molecule has 2 aromatic carbocycles. The van der Waals surface area contributed by atoms with Crippen molar-refractivity contribution in [3.8, 4) is 11.5 Å². The Morgan fingerprint density at radius 2 is 1.86 bits per heavy atom. The fraction of sp³-hybridized carbons (Fsp3) is 0.350. The maximum Gasteiger partial charge on any atom is 0.235 e. The van der Waals surface area contributed by atoms with Gasteiger partial charge in [-0.2, -0.15) is 4.31 Å². The van der Waals surface area contributed by atoms with E-state index in [1.807, 2.05) is 19.1 Å². The van der Waals surface area contributed by atoms with Crippen molar-refractivity contribution < 1.29 is 22.7 Å². The standard InChI is InChI=1S/C20H23ClN2O5S/c1-14(15-7-8-18-19(11-15)28-10-9-27-18)22-20(24)13-23(29(2,25)26)12-16-5-3-4-6-17(16)21/h3-8,11,14H,9-10,12-13H2,1-2H3,(H,22,24). The van der Waals surface area contributed by atoms with Crippen LogP contribution in [0.4, 0.5) is 0 Å². The third kappa shape index (κ3) is 5.62. The van der Waals surface area contributed by atoms with Crippen LogP contribution >= 0.6 is 11.6 Å². The second kappa shape index (κ2) is 9.02. The van der Waals surface area contributed by atoms with Gasteiger partial charge >= 0.3 is 0 Å². The lowest BCUT2D eigenvalue weighted by atomic mass is 10.1. The number of nitrogens with zero attached hydrogens (tertiary/aromatic N) is 1. The zero-order valence-corrected chi connectivity index (χ0v) is 17.8. The number of halogens is 1. The van der Waals surface area contributed by atoms with Crippen molar-refractivity contribution in [2.75, 3.05) is 26.0 Å². The quantitative estimate of drug-likeness (QED) is 0.718. The van der Waals surface area contributed by atoms with Crippen LogP contribution < -0.4 is 14.8 Å². The van der Waals surface area contributed by atoms with E-state index >= 15 is 0 Å². The average molecular weight is 439 g/mol. The van der Waals surface area contributed by atoms with Crippen molar-refractivity contribution in [1.82, 2.24) is 9.62 Å². The zero-order valence-electron chi connectivity index (χ0n) is 16.2. The first-order valence-electron chi connectivity index (χ1n) is 9.11. The van der Waals surface area contributed by atoms with Gasteiger partial charge in [0.05, 0.1) is 18.8 Å². The smallest absolute Gasteiger partial charge is 0.235 e. The van der Waals surface area contributed by atoms with Gasteiger partial charge < -0.3 is 14.8 Å². The predicted molar refractivity (Wildman–Crippen MR) is 111 cm³/mol. The van der Waals surface area contributed by atoms with Gasteiger partial charge in [-0.3, -0.25) is 4.79 Å². The second-order valence-electron chi connectivity index (χ2n) is 6.81. The number of ether oxygens (including phenoxy) is 2. The number of sulfonamides is 1. The summed E-state index contributed by atoms with van der Waals surface area (Å²) in [6.07, 6.45) is 1.07. The molecular formula is C20H23ClN2O5S. The maximum atomic E-state index is 12.5. The summed E-state index contributed by atoms with van der Waals surface area (Å²) < 4.78 is 36.5. The molecule has 1 N–H and O–H groups in total. The summed E-state index contributed by atoms with van der Waals surface area (Å²) in [6.45, 7) is 2.51. The summed E-state index contributed by atoms with van der Waals surface area (Å²) in [5.74, 6) is 0.887. The van der Waals surface area contributed by atoms with Crippen molar-refractivity contribution in [3.05, 3.63) is 58.6 Å². The van der Waals surface area contributed by atoms with Crippen molar-refractivity contribution >= 4 is 27.5 Å². The molecule has 7 nitrogen and oxygen atoms in total. The number of fused-ring (bicyclic) bond motifs is 1. The van der Waals surface area contributed by atoms with E-state index in [-0.39, 0.29) is 19.1 Å². The monoisotopic (exact) mass is 438 g/mol. The highest BCUT2D eigenvalue weighted by Gasteiger charge is 2.23. The van der Waals surface area contributed by atoms with Gasteiger partial charge in [-0.15, -0.1) is 0 Å². The van der Waals surface area contributed by atoms with Crippen molar-refractivity contribution in [1.29, 1.82) is 0 Å². The molecule has 1 atom stereocenters. The third-order valence-electron chi connectivity index (χ3n) is 4.54. The summed E-state index contributed by atoms with van der Waals surface area (Å²) in [5, 5.41) is 3.28. The first-order valence-corrected chi connectivity index (χ1v) is 11.3. The summed E-state index contributed by atoms with van der Waals surface area (Å²) in [6, 6.07) is 12.1. The average Bonchev–Trinajstić information content (AvgIpc) is 2.68. The zero-order chi connectivity index (χ0) is 21.0. The first-order chi connectivity index (χ1) is 13.7. The van der Waals surface area contributed by atoms with Gasteiger partial charge in [0, 0.05) is 11.6 Å². The summed E-state index contributed by atoms with van der Waals surface area (Å²) in [4.78, 5) is 12.5. The number of nitrogens with one attached hydrogen (secondary N) is 1. The van der Waals surface area contributed by atoms with Crippen LogP contribution in [-0.4, -0.2) is 44.6 Å². The van der Waals surface area contributed by atoms with Crippen LogP contribution in [0, 0.1) is 0 Å². The number of amides is 1. The molecule has 2 aromatic rings. The molecule has 0 saturated heterocycles. The van der Waals surface area contributed by atoms with Crippen LogP contribution in [0.1, 0.15) is 24.1 Å². The molecule has 1 aliphatic heterocycles. The maximum absolute atomic E-state index is 12.5. The van der Waals surface area contributed by atoms with Gasteiger partial charge in [0.1, 0.15) is 13.2 Å². The van der Waals surface area contributed by atoms with E-state index in [2.05, 4.69) is 5.32 Å². The van der Waals surface area contributed by atoms with Gasteiger partial charge in [0.15, 0.2) is 11.5 Å². The predicted octanol–water partition coefficient (Wildman–Crippen LogP) is 2.75. The highest BCUT2D eigenvalue weighted by molar-refractivity contribution is 7.88. The first kappa shape index (κ1) is 21.4. The normalized spacial score (nSPS) is 14.5. The number of carbonyl (C=O) groups excluding carboxylic acids is 1. The minimum Gasteiger partial charge on any atom is -0.486 e. The highest BCUT2D eigenvalue weighted by atomic mass is 35.5. The van der Waals surface area contributed by atoms with E-state index in [1.54, 1.807) is 30.3 Å². The highest BCUT2D eigenvalue weighted by Crippen LogP contribution is 2.32. The Labute approximate surface area is 175 Å². The van der Waals surface area contributed by atoms with Gasteiger partial charge in [-0.05, 0) is 36.2 Å². The Morgan fingerprint density at radius 3 is 2.55 bits per heavy atom. The lowest BCUT2D eigenvalue weighted by molar-refractivity contribution is -0.122. The molecule has 3 rings (SSSR count). The van der Waals surface area contributed by atoms with Crippen LogP contribution in [0.15, 0.2) is 42.5 Å². The molecule has 0 saturated carbocycles. The van der Waals surface area contributed by atoms with E-state index < -0.39 is 15.9 Å². The molecule has 0 radical (unpaired) electrons. The minimum atomic E-state index is -3.61. The van der Waals surface area contributed by atoms with Gasteiger partial charge in [-0.1, -0.05) is 35.9 Å². The van der Waals surface area contributed by atoms with E-state index in [4.69, 9.17) is 21.1 Å². The van der Waals surface area contributed by atoms with Gasteiger partial charge in [0.25, 0.3) is 0 Å². The van der Waals surface area contributed by atoms with Crippen LogP contribution in [0.3, 0.4) is 0 Å². The van der Waals surface area contributed by atoms with Crippen molar-refractivity contribution in [2.24, 2.45) is 0 Å². The SMILES string of the molecule is CC(NC(=O)CN(Cc1ccccc1Cl)S(C)(=O)=O)c1ccc2c(c1)OCCO2. The number of benzene rings is 2. The second-order valence-corrected chi connectivity index (χ2v) is 9.20. The Kier molecular flexibility index (Phi) is 6.66. The molecule has 1 amide bonds. The van der Waals surface area contributed by atoms with Crippen molar-refractivity contribution in [3.63, 3.8) is 0 Å². The Bertz CT molecular complexity index is 996. The minimum absolute atomic E-state index is 0.0182. The van der Waals surface area contributed by atoms with E-state index in [9.17, 15) is 13.2 Å². The van der Waals surface area contributed by atoms with Gasteiger partial charge in [0.2, 0.25) is 15.9 Å². The molecule has 1 heterocycles. The van der Waals surface area contributed by atoms with Crippen molar-refractivity contribution in [2.45, 2.75) is 19.5 Å². The lowest BCUT2D eigenvalue weighted by Crippen LogP contribution is -2.40. The van der Waals surface area contributed by atoms with Crippen LogP contribution in [0.2, 0.25) is 5.02 Å². The summed E-state index contributed by atoms with van der Waals surface area (Å²) in [5.41, 5.74) is 1.46. The number of carbonyl (C=O) groups is 1. The Morgan fingerprint density at radius 1 is 1.17 bits per heavy atom. The summed E-state index contributed by atoms with van der Waals surface area (Å²) >= 11 is 6.13. The van der Waals surface area contributed by atoms with E-state index in [0.717, 1.165) is 16.1 Å². The van der Waals surface area contributed by atoms with Crippen LogP contribution in [0.25, 0.3) is 0 Å². The van der Waals surface area contributed by atoms with Crippen LogP contribution in [-0.2, 0) is 21.4 Å². The third-order valence-corrected chi connectivity index (χ3v) is 6.10. The molecule has 0 fully saturated rings. The molecule has 1 unspecified atom stereocenters. The molecule has 9 heteroatoms. The lowest BCUT2D eigenvalue weighted by Gasteiger charge is -2.23. The fourth-order valence-corrected chi connectivity index (χ4v) is 3.89. The topological polar surface area (TPSA) is 84.9 Å². The van der Waals surface area contributed by atoms with Crippen LogP contribution in [0.5, 0.6) is 11.5 Å². The van der Waals surface area contributed by atoms with E-state index in [1.165, 1.54) is 0 Å². The summed E-state index contributed by atoms with van der Waals surface area (Å²) in [7, 11) is -3.61. The largest absolute Gasteiger partial charge is 0.486 e. The van der Waals surface area contributed by atoms with E-state index in [0.29, 0.717) is 35.3 Å². The molecule has 156 valence electrons. The molecule has 0 aliphatic carbocycles. The molecule has 0 spiro atoms. The molecule has 29 heavy (non-hydrogen) atoms. The Hall–Kier alpha value is -2.29. The molecule has 0 aromatic heterocycles. The molecular weight excluding hydrogens is 416 g/mol. The number of rotatable bonds is 7. The fourth-order valence-electron chi connectivity index (χ4n) is 2.97. The van der Waals surface area contributed by atoms with Gasteiger partial charge in [-0.25, -0.2) is 8.42 Å². The number of hydrogen-bond acceptors (Lipinski definition) is 5. The number of hydrogen-bond donors (Lipinski definition) is 1. The molecule has 0 bridgehead atoms. The Balaban J connectivity index is 1.67. The molecule has 1 aliphatic rings.